The molecule has 340 valence electrons. The minimum absolute atomic E-state index is 0.778. The molecule has 59 heavy (non-hydrogen) atoms. The Kier molecular flexibility index (Phi) is 15.1. The highest BCUT2D eigenvalue weighted by Gasteiger charge is 2.59. The number of carbonyl (C=O) groups is 2. The number of nitrogens with one attached hydrogen (secondary N) is 1. The van der Waals surface area contributed by atoms with Crippen LogP contribution in [0.25, 0.3) is 0 Å². The number of aliphatic hydroxyl groups excluding tert-OH is 13. The molecule has 0 radical (unpaired) electrons. The summed E-state index contributed by atoms with van der Waals surface area (Å²) >= 11 is 0. The predicted molar refractivity (Wildman–Crippen MR) is 175 cm³/mol. The van der Waals surface area contributed by atoms with Gasteiger partial charge in [-0.05, 0) is 0 Å². The summed E-state index contributed by atoms with van der Waals surface area (Å²) in [7, 11) is 0. The molecule has 0 spiro atoms. The van der Waals surface area contributed by atoms with Crippen LogP contribution in [0.3, 0.4) is 0 Å². The number of hydrogen-bond acceptors (Lipinski definition) is 25. The average molecular weight is 866 g/mol. The number of carboxylic acids is 1. The van der Waals surface area contributed by atoms with E-state index in [0.29, 0.717) is 0 Å². The van der Waals surface area contributed by atoms with Crippen LogP contribution >= 0.6 is 0 Å². The molecule has 15 N–H and O–H groups in total. The molecule has 6 aliphatic rings. The summed E-state index contributed by atoms with van der Waals surface area (Å²) < 4.78 is 57.4. The van der Waals surface area contributed by atoms with Gasteiger partial charge in [-0.25, -0.2) is 4.79 Å². The first-order chi connectivity index (χ1) is 27.9. The van der Waals surface area contributed by atoms with Crippen molar-refractivity contribution in [3.8, 4) is 0 Å². The Morgan fingerprint density at radius 1 is 0.508 bits per heavy atom. The summed E-state index contributed by atoms with van der Waals surface area (Å²) in [5.41, 5.74) is 0. The Hall–Kier alpha value is -1.98. The summed E-state index contributed by atoms with van der Waals surface area (Å²) in [6.45, 7) is -2.50. The number of hydrogen-bond donors (Lipinski definition) is 15. The summed E-state index contributed by atoms with van der Waals surface area (Å²) in [6.07, 6.45) is -45.7. The molecule has 0 saturated carbocycles. The maximum Gasteiger partial charge on any atom is 0.335 e. The van der Waals surface area contributed by atoms with Crippen LogP contribution in [0.15, 0.2) is 0 Å². The van der Waals surface area contributed by atoms with Crippen molar-refractivity contribution in [2.24, 2.45) is 0 Å². The molecule has 27 nitrogen and oxygen atoms in total. The first-order valence-electron chi connectivity index (χ1n) is 18.6. The molecular formula is C32H51NO26. The van der Waals surface area contributed by atoms with Gasteiger partial charge in [0.05, 0.1) is 26.4 Å². The molecular weight excluding hydrogens is 814 g/mol. The fourth-order valence-electron chi connectivity index (χ4n) is 7.70. The molecule has 6 rings (SSSR count). The first kappa shape index (κ1) is 46.5. The predicted octanol–water partition coefficient (Wildman–Crippen LogP) is -10.6. The van der Waals surface area contributed by atoms with E-state index in [2.05, 4.69) is 5.32 Å². The quantitative estimate of drug-likeness (QED) is 0.0969. The van der Waals surface area contributed by atoms with E-state index < -0.39 is 192 Å². The van der Waals surface area contributed by atoms with E-state index in [9.17, 15) is 81.1 Å². The van der Waals surface area contributed by atoms with E-state index in [0.717, 1.165) is 6.92 Å². The highest BCUT2D eigenvalue weighted by Crippen LogP contribution is 2.38. The lowest BCUT2D eigenvalue weighted by Crippen LogP contribution is -2.72. The summed E-state index contributed by atoms with van der Waals surface area (Å²) in [4.78, 5) is 24.4. The van der Waals surface area contributed by atoms with Crippen LogP contribution < -0.4 is 5.32 Å². The minimum Gasteiger partial charge on any atom is -0.479 e. The first-order valence-corrected chi connectivity index (χ1v) is 18.6. The zero-order valence-electron chi connectivity index (χ0n) is 30.9. The Labute approximate surface area is 332 Å². The van der Waals surface area contributed by atoms with E-state index in [-0.39, 0.29) is 0 Å². The normalized spacial score (nSPS) is 51.8. The van der Waals surface area contributed by atoms with E-state index in [1.807, 2.05) is 0 Å². The minimum atomic E-state index is -2.16. The molecule has 0 aromatic carbocycles. The summed E-state index contributed by atoms with van der Waals surface area (Å²) in [6, 6.07) is -1.64. The third kappa shape index (κ3) is 9.24. The number of carboxylic acid groups (broad SMARTS) is 1. The standard InChI is InChI=1S/C32H51NO26/c1-6(37)33-11-23-13(39)8(3-35)51-28(11)58-25-21(47)32(53-9(4-36)22(25)55-30-19(45)16(42)17(43)26(59-30)27(48)49)57-24-14(40)10(54-31(56-23)20(24)46)5-50-29-18(44)15(41)12(38)7(2-34)52-29/h7-26,28-32,34-36,38-47H,2-5H2,1H3,(H,33,37)(H,48,49)/t7-,8-,9-,10-,11-,12+,13+,14+,15+,16+,17-,18-,19-,20-,21-,22+,23-,24+,25-,26+,28+,29+,30-,31+,32-/m1/s1. The number of aliphatic hydroxyl groups is 13. The van der Waals surface area contributed by atoms with Crippen LogP contribution in [0.1, 0.15) is 6.92 Å². The van der Waals surface area contributed by atoms with Crippen LogP contribution in [-0.2, 0) is 57.0 Å². The lowest BCUT2D eigenvalue weighted by Gasteiger charge is -2.53. The number of rotatable bonds is 10. The molecule has 0 aromatic heterocycles. The highest BCUT2D eigenvalue weighted by molar-refractivity contribution is 5.73. The van der Waals surface area contributed by atoms with Crippen LogP contribution in [0.2, 0.25) is 0 Å². The smallest absolute Gasteiger partial charge is 0.335 e. The van der Waals surface area contributed by atoms with Gasteiger partial charge in [-0.2, -0.15) is 0 Å². The van der Waals surface area contributed by atoms with Gasteiger partial charge in [-0.15, -0.1) is 0 Å². The van der Waals surface area contributed by atoms with E-state index >= 15 is 0 Å². The van der Waals surface area contributed by atoms with Gasteiger partial charge in [0, 0.05) is 6.92 Å². The van der Waals surface area contributed by atoms with Crippen LogP contribution in [0.5, 0.6) is 0 Å². The topological polar surface area (TPSA) is 422 Å². The lowest BCUT2D eigenvalue weighted by atomic mass is 9.93. The lowest BCUT2D eigenvalue weighted by molar-refractivity contribution is -0.410. The Morgan fingerprint density at radius 2 is 1.02 bits per heavy atom. The second-order valence-corrected chi connectivity index (χ2v) is 14.9. The maximum atomic E-state index is 12.6. The number of carbonyl (C=O) groups excluding carboxylic acids is 1. The van der Waals surface area contributed by atoms with Gasteiger partial charge in [0.15, 0.2) is 37.6 Å². The second kappa shape index (κ2) is 19.2. The zero-order valence-corrected chi connectivity index (χ0v) is 30.9. The number of amides is 1. The van der Waals surface area contributed by atoms with Crippen LogP contribution in [0.4, 0.5) is 0 Å². The molecule has 0 unspecified atom stereocenters. The van der Waals surface area contributed by atoms with E-state index in [1.165, 1.54) is 0 Å². The maximum absolute atomic E-state index is 12.6. The van der Waals surface area contributed by atoms with Crippen molar-refractivity contribution in [2.75, 3.05) is 26.4 Å². The molecule has 6 saturated heterocycles. The van der Waals surface area contributed by atoms with E-state index in [1.54, 1.807) is 0 Å². The van der Waals surface area contributed by atoms with Gasteiger partial charge in [0.2, 0.25) is 5.91 Å². The Balaban J connectivity index is 1.36. The Morgan fingerprint density at radius 3 is 1.63 bits per heavy atom. The average Bonchev–Trinajstić information content (AvgIpc) is 3.20. The van der Waals surface area contributed by atoms with Crippen LogP contribution in [-0.4, -0.2) is 263 Å². The molecule has 6 heterocycles. The van der Waals surface area contributed by atoms with Crippen molar-refractivity contribution in [2.45, 2.75) is 160 Å². The van der Waals surface area contributed by atoms with Gasteiger partial charge in [-0.1, -0.05) is 0 Å². The van der Waals surface area contributed by atoms with E-state index in [4.69, 9.17) is 47.4 Å². The molecule has 6 fully saturated rings. The van der Waals surface area contributed by atoms with Crippen molar-refractivity contribution >= 4 is 11.9 Å². The zero-order chi connectivity index (χ0) is 43.2. The molecule has 1 amide bonds. The van der Waals surface area contributed by atoms with Crippen LogP contribution in [0, 0.1) is 0 Å². The molecule has 6 aliphatic heterocycles. The summed E-state index contributed by atoms with van der Waals surface area (Å²) in [5.74, 6) is -2.56. The molecule has 27 heteroatoms. The SMILES string of the molecule is CC(=O)N[C@H]1[C@@H]2O[C@@H]3[C@@H](O)[C@@H](O[C@H]4[C@@H](O)[C@@H](CO[C@H]5O[C@H](CO)[C@H](O)[C@H](O)[C@H]5O)O[C@@H](O[C@H]1[C@@H](O)[C@@H](CO)O2)[C@@H]4O)O[C@H](CO)[C@@H]3O[C@@H]1O[C@H](C(=O)O)[C@H](O)[C@H](O)[C@H]1O. The fraction of sp³-hybridized carbons (Fsp3) is 0.938. The number of fused-ring (bicyclic) bond motifs is 6. The highest BCUT2D eigenvalue weighted by atomic mass is 16.8. The van der Waals surface area contributed by atoms with Crippen molar-refractivity contribution in [1.29, 1.82) is 0 Å². The third-order valence-corrected chi connectivity index (χ3v) is 10.9. The largest absolute Gasteiger partial charge is 0.479 e. The summed E-state index contributed by atoms with van der Waals surface area (Å²) in [5, 5.41) is 151. The van der Waals surface area contributed by atoms with Gasteiger partial charge in [0.25, 0.3) is 0 Å². The van der Waals surface area contributed by atoms with Crippen molar-refractivity contribution in [3.63, 3.8) is 0 Å². The van der Waals surface area contributed by atoms with Crippen molar-refractivity contribution in [3.05, 3.63) is 0 Å². The number of aliphatic carboxylic acids is 1. The molecule has 6 bridgehead atoms. The van der Waals surface area contributed by atoms with Gasteiger partial charge < -0.3 is 124 Å². The third-order valence-electron chi connectivity index (χ3n) is 10.9. The molecule has 25 atom stereocenters. The van der Waals surface area contributed by atoms with Gasteiger partial charge in [-0.3, -0.25) is 4.79 Å². The second-order valence-electron chi connectivity index (χ2n) is 14.9. The molecule has 0 aliphatic carbocycles. The fourth-order valence-corrected chi connectivity index (χ4v) is 7.70. The Bertz CT molecular complexity index is 1420. The number of ether oxygens (including phenoxy) is 10. The van der Waals surface area contributed by atoms with Gasteiger partial charge >= 0.3 is 5.97 Å². The van der Waals surface area contributed by atoms with Crippen molar-refractivity contribution in [1.82, 2.24) is 5.32 Å². The molecule has 0 aromatic rings. The monoisotopic (exact) mass is 865 g/mol. The van der Waals surface area contributed by atoms with Crippen molar-refractivity contribution < 1.29 is 128 Å². The van der Waals surface area contributed by atoms with Gasteiger partial charge in [0.1, 0.15) is 116 Å².